The zero-order chi connectivity index (χ0) is 11.4. The van der Waals surface area contributed by atoms with E-state index in [-0.39, 0.29) is 0 Å². The van der Waals surface area contributed by atoms with Gasteiger partial charge >= 0.3 is 0 Å². The molecule has 0 amide bonds. The minimum absolute atomic E-state index is 0.348. The molecule has 4 nitrogen and oxygen atoms in total. The summed E-state index contributed by atoms with van der Waals surface area (Å²) in [6.45, 7) is 5.99. The van der Waals surface area contributed by atoms with E-state index in [2.05, 4.69) is 23.1 Å². The average Bonchev–Trinajstić information content (AvgIpc) is 2.80. The van der Waals surface area contributed by atoms with Gasteiger partial charge in [-0.05, 0) is 6.92 Å². The third-order valence-corrected chi connectivity index (χ3v) is 4.01. The summed E-state index contributed by atoms with van der Waals surface area (Å²) in [5, 5.41) is 4.33. The quantitative estimate of drug-likeness (QED) is 0.851. The smallest absolute Gasteiger partial charge is 0.0538 e. The van der Waals surface area contributed by atoms with Crippen LogP contribution in [-0.2, 0) is 6.54 Å². The van der Waals surface area contributed by atoms with Gasteiger partial charge in [0.2, 0.25) is 0 Å². The summed E-state index contributed by atoms with van der Waals surface area (Å²) in [7, 11) is 0. The van der Waals surface area contributed by atoms with E-state index in [1.54, 1.807) is 0 Å². The predicted octanol–water partition coefficient (Wildman–Crippen LogP) is 0.952. The molecule has 0 aliphatic carbocycles. The van der Waals surface area contributed by atoms with Crippen molar-refractivity contribution in [3.05, 3.63) is 18.0 Å². The number of aryl methyl sites for hydroxylation is 1. The lowest BCUT2D eigenvalue weighted by Crippen LogP contribution is -2.39. The van der Waals surface area contributed by atoms with Crippen molar-refractivity contribution in [2.45, 2.75) is 19.5 Å². The van der Waals surface area contributed by atoms with Gasteiger partial charge in [0.15, 0.2) is 0 Å². The van der Waals surface area contributed by atoms with Crippen LogP contribution in [0.3, 0.4) is 0 Å². The molecular weight excluding hydrogens is 220 g/mol. The van der Waals surface area contributed by atoms with Crippen LogP contribution >= 0.6 is 11.8 Å². The van der Waals surface area contributed by atoms with Crippen LogP contribution in [0.5, 0.6) is 0 Å². The zero-order valence-corrected chi connectivity index (χ0v) is 10.6. The second kappa shape index (κ2) is 5.70. The topological polar surface area (TPSA) is 47.1 Å². The Morgan fingerprint density at radius 2 is 2.25 bits per heavy atom. The van der Waals surface area contributed by atoms with E-state index in [0.29, 0.717) is 12.6 Å². The summed E-state index contributed by atoms with van der Waals surface area (Å²) in [5.41, 5.74) is 7.16. The molecule has 1 aliphatic rings. The van der Waals surface area contributed by atoms with Crippen molar-refractivity contribution in [1.82, 2.24) is 14.7 Å². The standard InChI is InChI=1S/C11H20N4S/c1-2-15-9-10(8-13-15)11(7-12)14-3-5-16-6-4-14/h8-9,11H,2-7,12H2,1H3. The number of thioether (sulfide) groups is 1. The first-order valence-electron chi connectivity index (χ1n) is 5.89. The fourth-order valence-electron chi connectivity index (χ4n) is 2.11. The molecule has 1 saturated heterocycles. The second-order valence-corrected chi connectivity index (χ2v) is 5.25. The van der Waals surface area contributed by atoms with Crippen molar-refractivity contribution in [3.8, 4) is 0 Å². The van der Waals surface area contributed by atoms with Crippen LogP contribution in [0.1, 0.15) is 18.5 Å². The van der Waals surface area contributed by atoms with Gasteiger partial charge in [-0.15, -0.1) is 0 Å². The molecule has 1 aliphatic heterocycles. The minimum atomic E-state index is 0.348. The molecule has 16 heavy (non-hydrogen) atoms. The van der Waals surface area contributed by atoms with Gasteiger partial charge < -0.3 is 5.73 Å². The van der Waals surface area contributed by atoms with E-state index < -0.39 is 0 Å². The lowest BCUT2D eigenvalue weighted by Gasteiger charge is -2.33. The predicted molar refractivity (Wildman–Crippen MR) is 68.6 cm³/mol. The average molecular weight is 240 g/mol. The van der Waals surface area contributed by atoms with Crippen LogP contribution in [0.15, 0.2) is 12.4 Å². The molecule has 1 atom stereocenters. The number of rotatable bonds is 4. The summed E-state index contributed by atoms with van der Waals surface area (Å²) in [5.74, 6) is 2.44. The highest BCUT2D eigenvalue weighted by atomic mass is 32.2. The van der Waals surface area contributed by atoms with Crippen molar-refractivity contribution >= 4 is 11.8 Å². The normalized spacial score (nSPS) is 19.9. The SMILES string of the molecule is CCn1cc(C(CN)N2CCSCC2)cn1. The minimum Gasteiger partial charge on any atom is -0.329 e. The monoisotopic (exact) mass is 240 g/mol. The summed E-state index contributed by atoms with van der Waals surface area (Å²) in [6, 6.07) is 0.348. The lowest BCUT2D eigenvalue weighted by molar-refractivity contribution is 0.223. The van der Waals surface area contributed by atoms with Crippen LogP contribution in [0.4, 0.5) is 0 Å². The van der Waals surface area contributed by atoms with Gasteiger partial charge in [0.1, 0.15) is 0 Å². The number of hydrogen-bond donors (Lipinski definition) is 1. The van der Waals surface area contributed by atoms with Gasteiger partial charge in [-0.2, -0.15) is 16.9 Å². The maximum Gasteiger partial charge on any atom is 0.0538 e. The molecule has 1 fully saturated rings. The molecule has 5 heteroatoms. The molecule has 90 valence electrons. The Hall–Kier alpha value is -0.520. The molecule has 1 aromatic heterocycles. The number of nitrogens with zero attached hydrogens (tertiary/aromatic N) is 3. The van der Waals surface area contributed by atoms with Crippen molar-refractivity contribution in [2.24, 2.45) is 5.73 Å². The maximum absolute atomic E-state index is 5.90. The molecule has 0 aromatic carbocycles. The summed E-state index contributed by atoms with van der Waals surface area (Å²) >= 11 is 2.03. The Bertz CT molecular complexity index is 320. The summed E-state index contributed by atoms with van der Waals surface area (Å²) < 4.78 is 1.97. The van der Waals surface area contributed by atoms with Gasteiger partial charge in [0.25, 0.3) is 0 Å². The van der Waals surface area contributed by atoms with Crippen LogP contribution < -0.4 is 5.73 Å². The van der Waals surface area contributed by atoms with Crippen molar-refractivity contribution in [3.63, 3.8) is 0 Å². The fourth-order valence-corrected chi connectivity index (χ4v) is 3.04. The maximum atomic E-state index is 5.90. The molecule has 2 rings (SSSR count). The van der Waals surface area contributed by atoms with Gasteiger partial charge in [-0.3, -0.25) is 9.58 Å². The molecule has 2 heterocycles. The Morgan fingerprint density at radius 3 is 2.81 bits per heavy atom. The Kier molecular flexibility index (Phi) is 4.26. The third kappa shape index (κ3) is 2.59. The van der Waals surface area contributed by atoms with E-state index in [9.17, 15) is 0 Å². The van der Waals surface area contributed by atoms with Gasteiger partial charge in [0, 0.05) is 49.4 Å². The Morgan fingerprint density at radius 1 is 1.50 bits per heavy atom. The highest BCUT2D eigenvalue weighted by Crippen LogP contribution is 2.22. The zero-order valence-electron chi connectivity index (χ0n) is 9.80. The Balaban J connectivity index is 2.08. The van der Waals surface area contributed by atoms with E-state index in [1.807, 2.05) is 22.6 Å². The van der Waals surface area contributed by atoms with Crippen LogP contribution in [0.25, 0.3) is 0 Å². The van der Waals surface area contributed by atoms with Crippen LogP contribution in [0.2, 0.25) is 0 Å². The highest BCUT2D eigenvalue weighted by molar-refractivity contribution is 7.99. The highest BCUT2D eigenvalue weighted by Gasteiger charge is 2.22. The van der Waals surface area contributed by atoms with E-state index in [1.165, 1.54) is 17.1 Å². The number of aromatic nitrogens is 2. The fraction of sp³-hybridized carbons (Fsp3) is 0.727. The van der Waals surface area contributed by atoms with E-state index in [4.69, 9.17) is 5.73 Å². The third-order valence-electron chi connectivity index (χ3n) is 3.07. The van der Waals surface area contributed by atoms with Crippen molar-refractivity contribution < 1.29 is 0 Å². The first kappa shape index (κ1) is 12.0. The largest absolute Gasteiger partial charge is 0.329 e. The molecule has 0 spiro atoms. The first-order valence-corrected chi connectivity index (χ1v) is 7.04. The molecule has 2 N–H and O–H groups in total. The molecule has 1 unspecified atom stereocenters. The van der Waals surface area contributed by atoms with E-state index >= 15 is 0 Å². The first-order chi connectivity index (χ1) is 7.85. The van der Waals surface area contributed by atoms with E-state index in [0.717, 1.165) is 19.6 Å². The lowest BCUT2D eigenvalue weighted by atomic mass is 10.1. The van der Waals surface area contributed by atoms with Gasteiger partial charge in [0.05, 0.1) is 12.2 Å². The van der Waals surface area contributed by atoms with Gasteiger partial charge in [-0.25, -0.2) is 0 Å². The molecule has 0 radical (unpaired) electrons. The van der Waals surface area contributed by atoms with Crippen LogP contribution in [0, 0.1) is 0 Å². The molecule has 0 bridgehead atoms. The number of hydrogen-bond acceptors (Lipinski definition) is 4. The van der Waals surface area contributed by atoms with Crippen molar-refractivity contribution in [2.75, 3.05) is 31.1 Å². The van der Waals surface area contributed by atoms with Crippen molar-refractivity contribution in [1.29, 1.82) is 0 Å². The van der Waals surface area contributed by atoms with Crippen LogP contribution in [-0.4, -0.2) is 45.8 Å². The van der Waals surface area contributed by atoms with Gasteiger partial charge in [-0.1, -0.05) is 0 Å². The molecule has 1 aromatic rings. The second-order valence-electron chi connectivity index (χ2n) is 4.03. The molecule has 0 saturated carbocycles. The number of nitrogens with two attached hydrogens (primary N) is 1. The molecular formula is C11H20N4S. The summed E-state index contributed by atoms with van der Waals surface area (Å²) in [6.07, 6.45) is 4.09. The summed E-state index contributed by atoms with van der Waals surface area (Å²) in [4.78, 5) is 2.48. The Labute approximate surface area is 101 Å².